The lowest BCUT2D eigenvalue weighted by Gasteiger charge is -2.08. The summed E-state index contributed by atoms with van der Waals surface area (Å²) < 4.78 is 1.95. The molecule has 0 aliphatic rings. The highest BCUT2D eigenvalue weighted by Gasteiger charge is 2.14. The van der Waals surface area contributed by atoms with Crippen LogP contribution in [0.4, 0.5) is 0 Å². The molecule has 0 radical (unpaired) electrons. The largest absolute Gasteiger partial charge is 0.324 e. The number of hydrogen-bond donors (Lipinski definition) is 1. The lowest BCUT2D eigenvalue weighted by atomic mass is 10.1. The highest BCUT2D eigenvalue weighted by Crippen LogP contribution is 2.24. The molecule has 1 unspecified atom stereocenters. The summed E-state index contributed by atoms with van der Waals surface area (Å²) in [6, 6.07) is 5.61. The van der Waals surface area contributed by atoms with Gasteiger partial charge in [0.15, 0.2) is 0 Å². The summed E-state index contributed by atoms with van der Waals surface area (Å²) in [6.07, 6.45) is 0. The van der Waals surface area contributed by atoms with Crippen molar-refractivity contribution in [2.24, 2.45) is 5.73 Å². The standard InChI is InChI=1S/C14H17Cl2N3/c1-8(17)14-9(2)18-19(10(14)3)7-11-4-5-12(15)13(16)6-11/h4-6,8H,7,17H2,1-3H3. The second kappa shape index (κ2) is 5.53. The van der Waals surface area contributed by atoms with E-state index in [9.17, 15) is 0 Å². The Balaban J connectivity index is 2.33. The quantitative estimate of drug-likeness (QED) is 0.934. The first kappa shape index (κ1) is 14.4. The number of halogens is 2. The minimum Gasteiger partial charge on any atom is -0.324 e. The van der Waals surface area contributed by atoms with E-state index < -0.39 is 0 Å². The van der Waals surface area contributed by atoms with E-state index in [1.54, 1.807) is 6.07 Å². The predicted octanol–water partition coefficient (Wildman–Crippen LogP) is 3.87. The van der Waals surface area contributed by atoms with Crippen molar-refractivity contribution in [3.8, 4) is 0 Å². The summed E-state index contributed by atoms with van der Waals surface area (Å²) in [5.74, 6) is 0. The third-order valence-corrected chi connectivity index (χ3v) is 3.95. The van der Waals surface area contributed by atoms with Gasteiger partial charge in [-0.05, 0) is 38.5 Å². The van der Waals surface area contributed by atoms with Gasteiger partial charge in [0.05, 0.1) is 22.3 Å². The van der Waals surface area contributed by atoms with E-state index in [4.69, 9.17) is 28.9 Å². The Kier molecular flexibility index (Phi) is 4.19. The van der Waals surface area contributed by atoms with E-state index in [0.29, 0.717) is 16.6 Å². The molecule has 3 nitrogen and oxygen atoms in total. The predicted molar refractivity (Wildman–Crippen MR) is 79.9 cm³/mol. The van der Waals surface area contributed by atoms with Crippen LogP contribution in [0.1, 0.15) is 35.5 Å². The van der Waals surface area contributed by atoms with Crippen molar-refractivity contribution in [2.45, 2.75) is 33.4 Å². The van der Waals surface area contributed by atoms with E-state index in [2.05, 4.69) is 5.10 Å². The maximum absolute atomic E-state index is 6.03. The fourth-order valence-electron chi connectivity index (χ4n) is 2.33. The van der Waals surface area contributed by atoms with Crippen LogP contribution in [0.15, 0.2) is 18.2 Å². The fourth-order valence-corrected chi connectivity index (χ4v) is 2.66. The number of rotatable bonds is 3. The zero-order valence-electron chi connectivity index (χ0n) is 11.2. The Labute approximate surface area is 123 Å². The number of hydrogen-bond acceptors (Lipinski definition) is 2. The normalized spacial score (nSPS) is 12.7. The molecule has 1 aromatic carbocycles. The molecule has 0 fully saturated rings. The lowest BCUT2D eigenvalue weighted by Crippen LogP contribution is -2.09. The first-order valence-corrected chi connectivity index (χ1v) is 6.89. The van der Waals surface area contributed by atoms with Crippen molar-refractivity contribution < 1.29 is 0 Å². The topological polar surface area (TPSA) is 43.8 Å². The second-order valence-electron chi connectivity index (χ2n) is 4.78. The summed E-state index contributed by atoms with van der Waals surface area (Å²) in [5, 5.41) is 5.67. The molecule has 0 aliphatic heterocycles. The molecule has 1 aromatic heterocycles. The number of nitrogens with zero attached hydrogens (tertiary/aromatic N) is 2. The van der Waals surface area contributed by atoms with Gasteiger partial charge in [0.2, 0.25) is 0 Å². The first-order chi connectivity index (χ1) is 8.90. The van der Waals surface area contributed by atoms with E-state index in [0.717, 1.165) is 22.5 Å². The van der Waals surface area contributed by atoms with Crippen molar-refractivity contribution in [1.29, 1.82) is 0 Å². The summed E-state index contributed by atoms with van der Waals surface area (Å²) in [5.41, 5.74) is 10.2. The number of nitrogens with two attached hydrogens (primary N) is 1. The van der Waals surface area contributed by atoms with Crippen LogP contribution in [0.25, 0.3) is 0 Å². The van der Waals surface area contributed by atoms with Crippen molar-refractivity contribution in [2.75, 3.05) is 0 Å². The molecule has 1 atom stereocenters. The maximum Gasteiger partial charge on any atom is 0.0663 e. The van der Waals surface area contributed by atoms with Gasteiger partial charge < -0.3 is 5.73 Å². The molecule has 102 valence electrons. The zero-order valence-corrected chi connectivity index (χ0v) is 12.8. The van der Waals surface area contributed by atoms with Gasteiger partial charge in [-0.2, -0.15) is 5.10 Å². The van der Waals surface area contributed by atoms with Gasteiger partial charge >= 0.3 is 0 Å². The van der Waals surface area contributed by atoms with Crippen LogP contribution in [0.3, 0.4) is 0 Å². The molecule has 0 amide bonds. The van der Waals surface area contributed by atoms with Crippen LogP contribution in [0, 0.1) is 13.8 Å². The minimum absolute atomic E-state index is 0.0115. The Morgan fingerprint density at radius 2 is 1.95 bits per heavy atom. The molecule has 0 saturated heterocycles. The molecule has 2 aromatic rings. The summed E-state index contributed by atoms with van der Waals surface area (Å²) in [6.45, 7) is 6.66. The van der Waals surface area contributed by atoms with Gasteiger partial charge in [0, 0.05) is 17.3 Å². The van der Waals surface area contributed by atoms with Crippen molar-refractivity contribution in [3.05, 3.63) is 50.8 Å². The number of benzene rings is 1. The highest BCUT2D eigenvalue weighted by atomic mass is 35.5. The molecule has 2 N–H and O–H groups in total. The molecule has 19 heavy (non-hydrogen) atoms. The number of aromatic nitrogens is 2. The molecule has 0 bridgehead atoms. The van der Waals surface area contributed by atoms with Crippen LogP contribution in [0.5, 0.6) is 0 Å². The van der Waals surface area contributed by atoms with Crippen LogP contribution >= 0.6 is 23.2 Å². The molecule has 5 heteroatoms. The third-order valence-electron chi connectivity index (χ3n) is 3.21. The maximum atomic E-state index is 6.03. The van der Waals surface area contributed by atoms with Gasteiger partial charge in [-0.3, -0.25) is 4.68 Å². The van der Waals surface area contributed by atoms with Crippen LogP contribution in [-0.4, -0.2) is 9.78 Å². The van der Waals surface area contributed by atoms with Crippen molar-refractivity contribution >= 4 is 23.2 Å². The number of aryl methyl sites for hydroxylation is 1. The molecular weight excluding hydrogens is 281 g/mol. The zero-order chi connectivity index (χ0) is 14.2. The van der Waals surface area contributed by atoms with Gasteiger partial charge in [-0.15, -0.1) is 0 Å². The molecule has 0 saturated carbocycles. The van der Waals surface area contributed by atoms with Crippen LogP contribution in [-0.2, 0) is 6.54 Å². The van der Waals surface area contributed by atoms with E-state index in [1.807, 2.05) is 37.6 Å². The average molecular weight is 298 g/mol. The Morgan fingerprint density at radius 1 is 1.26 bits per heavy atom. The average Bonchev–Trinajstić information content (AvgIpc) is 2.59. The molecule has 0 aliphatic carbocycles. The van der Waals surface area contributed by atoms with Crippen LogP contribution < -0.4 is 5.73 Å². The molecule has 1 heterocycles. The molecule has 2 rings (SSSR count). The minimum atomic E-state index is -0.0115. The van der Waals surface area contributed by atoms with Crippen molar-refractivity contribution in [3.63, 3.8) is 0 Å². The van der Waals surface area contributed by atoms with Gasteiger partial charge in [-0.1, -0.05) is 29.3 Å². The summed E-state index contributed by atoms with van der Waals surface area (Å²) >= 11 is 11.9. The summed E-state index contributed by atoms with van der Waals surface area (Å²) in [7, 11) is 0. The highest BCUT2D eigenvalue weighted by molar-refractivity contribution is 6.42. The van der Waals surface area contributed by atoms with Gasteiger partial charge in [0.1, 0.15) is 0 Å². The van der Waals surface area contributed by atoms with Gasteiger partial charge in [0.25, 0.3) is 0 Å². The smallest absolute Gasteiger partial charge is 0.0663 e. The Morgan fingerprint density at radius 3 is 2.47 bits per heavy atom. The van der Waals surface area contributed by atoms with E-state index >= 15 is 0 Å². The Hall–Kier alpha value is -1.03. The van der Waals surface area contributed by atoms with Crippen LogP contribution in [0.2, 0.25) is 10.0 Å². The first-order valence-electron chi connectivity index (χ1n) is 6.13. The lowest BCUT2D eigenvalue weighted by molar-refractivity contribution is 0.656. The molecular formula is C14H17Cl2N3. The van der Waals surface area contributed by atoms with Gasteiger partial charge in [-0.25, -0.2) is 0 Å². The van der Waals surface area contributed by atoms with E-state index in [-0.39, 0.29) is 6.04 Å². The van der Waals surface area contributed by atoms with E-state index in [1.165, 1.54) is 0 Å². The SMILES string of the molecule is Cc1nn(Cc2ccc(Cl)c(Cl)c2)c(C)c1C(C)N. The monoisotopic (exact) mass is 297 g/mol. The molecule has 0 spiro atoms. The fraction of sp³-hybridized carbons (Fsp3) is 0.357. The van der Waals surface area contributed by atoms with Crippen molar-refractivity contribution in [1.82, 2.24) is 9.78 Å². The summed E-state index contributed by atoms with van der Waals surface area (Å²) in [4.78, 5) is 0. The second-order valence-corrected chi connectivity index (χ2v) is 5.59. The third kappa shape index (κ3) is 2.94. The Bertz CT molecular complexity index is 603.